The molecule has 0 unspecified atom stereocenters. The summed E-state index contributed by atoms with van der Waals surface area (Å²) in [6.45, 7) is 10.4. The van der Waals surface area contributed by atoms with Gasteiger partial charge in [-0.1, -0.05) is 13.8 Å². The molecule has 1 heterocycles. The molecule has 1 atom stereocenters. The van der Waals surface area contributed by atoms with Crippen molar-refractivity contribution in [3.63, 3.8) is 0 Å². The van der Waals surface area contributed by atoms with Crippen LogP contribution in [0.5, 0.6) is 17.2 Å². The number of anilines is 1. The molecule has 0 fully saturated rings. The quantitative estimate of drug-likeness (QED) is 0.284. The van der Waals surface area contributed by atoms with Crippen molar-refractivity contribution < 1.29 is 24.2 Å². The number of rotatable bonds is 12. The minimum absolute atomic E-state index is 0.0420. The standard InChI is InChI=1S/C28H37N5O5/c1-6-30-27(35)22-14-21-24(15-26(22)37-17-19(34)16-33(7-2)8-3)31-12-11-25(21)38-20-9-10-23(18(4)13-20)32-28(36)29-5/h9-15,19,34H,6-8,16-17H2,1-5H3,(H,30,35)(H2,29,32,36)/t19-/m1/s1. The summed E-state index contributed by atoms with van der Waals surface area (Å²) >= 11 is 0. The van der Waals surface area contributed by atoms with Crippen LogP contribution in [-0.4, -0.2) is 72.9 Å². The van der Waals surface area contributed by atoms with Crippen molar-refractivity contribution in [2.24, 2.45) is 0 Å². The molecule has 10 nitrogen and oxygen atoms in total. The summed E-state index contributed by atoms with van der Waals surface area (Å²) in [4.78, 5) is 31.1. The molecular weight excluding hydrogens is 486 g/mol. The monoisotopic (exact) mass is 523 g/mol. The van der Waals surface area contributed by atoms with Crippen molar-refractivity contribution in [3.05, 3.63) is 53.7 Å². The van der Waals surface area contributed by atoms with Gasteiger partial charge in [-0.25, -0.2) is 4.79 Å². The van der Waals surface area contributed by atoms with E-state index in [4.69, 9.17) is 9.47 Å². The van der Waals surface area contributed by atoms with Crippen molar-refractivity contribution in [1.82, 2.24) is 20.5 Å². The number of aliphatic hydroxyl groups excluding tert-OH is 1. The van der Waals surface area contributed by atoms with Crippen molar-refractivity contribution in [1.29, 1.82) is 0 Å². The van der Waals surface area contributed by atoms with E-state index in [-0.39, 0.29) is 18.5 Å². The number of aliphatic hydroxyl groups is 1. The maximum atomic E-state index is 12.9. The van der Waals surface area contributed by atoms with Gasteiger partial charge in [0.05, 0.1) is 11.1 Å². The number of nitrogens with one attached hydrogen (secondary N) is 3. The van der Waals surface area contributed by atoms with Crippen LogP contribution in [0.15, 0.2) is 42.6 Å². The van der Waals surface area contributed by atoms with Gasteiger partial charge in [0.1, 0.15) is 30.0 Å². The number of aryl methyl sites for hydroxylation is 1. The summed E-state index contributed by atoms with van der Waals surface area (Å²) in [5, 5.41) is 19.2. The zero-order chi connectivity index (χ0) is 27.7. The normalized spacial score (nSPS) is 11.8. The summed E-state index contributed by atoms with van der Waals surface area (Å²) in [6.07, 6.45) is 0.913. The van der Waals surface area contributed by atoms with Gasteiger partial charge in [0, 0.05) is 43.5 Å². The molecule has 1 aromatic heterocycles. The fourth-order valence-corrected chi connectivity index (χ4v) is 3.96. The number of ether oxygens (including phenoxy) is 2. The summed E-state index contributed by atoms with van der Waals surface area (Å²) in [7, 11) is 1.55. The Balaban J connectivity index is 1.91. The van der Waals surface area contributed by atoms with Crippen LogP contribution in [0.1, 0.15) is 36.7 Å². The van der Waals surface area contributed by atoms with E-state index in [1.807, 2.05) is 33.8 Å². The summed E-state index contributed by atoms with van der Waals surface area (Å²) in [5.74, 6) is 1.13. The van der Waals surface area contributed by atoms with Crippen LogP contribution < -0.4 is 25.4 Å². The highest BCUT2D eigenvalue weighted by atomic mass is 16.5. The first-order chi connectivity index (χ1) is 18.3. The fourth-order valence-electron chi connectivity index (χ4n) is 3.96. The Bertz CT molecular complexity index is 1260. The number of pyridine rings is 1. The molecular formula is C28H37N5O5. The van der Waals surface area contributed by atoms with Crippen LogP contribution in [-0.2, 0) is 0 Å². The van der Waals surface area contributed by atoms with E-state index in [1.54, 1.807) is 43.6 Å². The zero-order valence-electron chi connectivity index (χ0n) is 22.6. The van der Waals surface area contributed by atoms with Gasteiger partial charge in [0.25, 0.3) is 5.91 Å². The Morgan fingerprint density at radius 1 is 1.08 bits per heavy atom. The second-order valence-electron chi connectivity index (χ2n) is 8.77. The highest BCUT2D eigenvalue weighted by Gasteiger charge is 2.19. The summed E-state index contributed by atoms with van der Waals surface area (Å²) in [6, 6.07) is 10.1. The van der Waals surface area contributed by atoms with E-state index in [2.05, 4.69) is 25.8 Å². The lowest BCUT2D eigenvalue weighted by atomic mass is 10.1. The van der Waals surface area contributed by atoms with Crippen LogP contribution in [0.3, 0.4) is 0 Å². The number of benzene rings is 2. The number of amides is 3. The molecule has 4 N–H and O–H groups in total. The highest BCUT2D eigenvalue weighted by Crippen LogP contribution is 2.34. The molecule has 10 heteroatoms. The van der Waals surface area contributed by atoms with Gasteiger partial charge >= 0.3 is 6.03 Å². The van der Waals surface area contributed by atoms with Gasteiger partial charge < -0.3 is 35.4 Å². The molecule has 0 aliphatic carbocycles. The minimum Gasteiger partial charge on any atom is -0.490 e. The molecule has 0 bridgehead atoms. The maximum absolute atomic E-state index is 12.9. The Labute approximate surface area is 223 Å². The molecule has 0 spiro atoms. The first-order valence-corrected chi connectivity index (χ1v) is 12.8. The number of carbonyl (C=O) groups is 2. The van der Waals surface area contributed by atoms with Crippen LogP contribution in [0, 0.1) is 6.92 Å². The van der Waals surface area contributed by atoms with Crippen molar-refractivity contribution in [3.8, 4) is 17.2 Å². The second kappa shape index (κ2) is 13.6. The van der Waals surface area contributed by atoms with Crippen molar-refractivity contribution in [2.75, 3.05) is 45.2 Å². The smallest absolute Gasteiger partial charge is 0.318 e. The first kappa shape index (κ1) is 28.7. The van der Waals surface area contributed by atoms with E-state index in [0.29, 0.717) is 52.5 Å². The van der Waals surface area contributed by atoms with Crippen LogP contribution in [0.2, 0.25) is 0 Å². The first-order valence-electron chi connectivity index (χ1n) is 12.8. The van der Waals surface area contributed by atoms with Gasteiger partial charge in [-0.15, -0.1) is 0 Å². The van der Waals surface area contributed by atoms with E-state index >= 15 is 0 Å². The van der Waals surface area contributed by atoms with Crippen LogP contribution in [0.25, 0.3) is 10.9 Å². The second-order valence-corrected chi connectivity index (χ2v) is 8.77. The predicted molar refractivity (Wildman–Crippen MR) is 148 cm³/mol. The Morgan fingerprint density at radius 2 is 1.84 bits per heavy atom. The highest BCUT2D eigenvalue weighted by molar-refractivity contribution is 6.02. The Kier molecular flexibility index (Phi) is 10.3. The molecule has 0 aliphatic heterocycles. The minimum atomic E-state index is -0.709. The van der Waals surface area contributed by atoms with Crippen molar-refractivity contribution >= 4 is 28.5 Å². The third-order valence-electron chi connectivity index (χ3n) is 6.08. The van der Waals surface area contributed by atoms with Gasteiger partial charge in [0.15, 0.2) is 0 Å². The van der Waals surface area contributed by atoms with Crippen LogP contribution >= 0.6 is 0 Å². The van der Waals surface area contributed by atoms with Crippen molar-refractivity contribution in [2.45, 2.75) is 33.8 Å². The number of urea groups is 1. The Morgan fingerprint density at radius 3 is 2.50 bits per heavy atom. The molecule has 3 rings (SSSR count). The van der Waals surface area contributed by atoms with Gasteiger partial charge in [-0.05, 0) is 62.8 Å². The molecule has 0 aliphatic rings. The lowest BCUT2D eigenvalue weighted by Crippen LogP contribution is -2.35. The van der Waals surface area contributed by atoms with Gasteiger partial charge in [-0.3, -0.25) is 9.78 Å². The lowest BCUT2D eigenvalue weighted by molar-refractivity contribution is 0.0706. The number of likely N-dealkylation sites (N-methyl/N-ethyl adjacent to an activating group) is 1. The molecule has 3 aromatic rings. The molecule has 204 valence electrons. The third-order valence-corrected chi connectivity index (χ3v) is 6.08. The van der Waals surface area contributed by atoms with E-state index in [0.717, 1.165) is 18.7 Å². The summed E-state index contributed by atoms with van der Waals surface area (Å²) < 4.78 is 12.1. The Hall–Kier alpha value is -3.89. The van der Waals surface area contributed by atoms with Gasteiger partial charge in [0.2, 0.25) is 0 Å². The largest absolute Gasteiger partial charge is 0.490 e. The van der Waals surface area contributed by atoms with E-state index in [9.17, 15) is 14.7 Å². The summed E-state index contributed by atoms with van der Waals surface area (Å²) in [5.41, 5.74) is 2.40. The number of nitrogens with zero attached hydrogens (tertiary/aromatic N) is 2. The number of aromatic nitrogens is 1. The number of hydrogen-bond acceptors (Lipinski definition) is 7. The predicted octanol–water partition coefficient (Wildman–Crippen LogP) is 3.92. The average Bonchev–Trinajstić information content (AvgIpc) is 2.91. The maximum Gasteiger partial charge on any atom is 0.318 e. The molecule has 0 saturated carbocycles. The van der Waals surface area contributed by atoms with Crippen LogP contribution in [0.4, 0.5) is 10.5 Å². The molecule has 0 saturated heterocycles. The van der Waals surface area contributed by atoms with E-state index in [1.165, 1.54) is 0 Å². The zero-order valence-corrected chi connectivity index (χ0v) is 22.6. The number of hydrogen-bond donors (Lipinski definition) is 4. The molecule has 3 amide bonds. The third kappa shape index (κ3) is 7.33. The lowest BCUT2D eigenvalue weighted by Gasteiger charge is -2.22. The SMILES string of the molecule is CCNC(=O)c1cc2c(Oc3ccc(NC(=O)NC)c(C)c3)ccnc2cc1OC[C@H](O)CN(CC)CC. The fraction of sp³-hybridized carbons (Fsp3) is 0.393. The average molecular weight is 524 g/mol. The number of carbonyl (C=O) groups excluding carboxylic acids is 2. The molecule has 0 radical (unpaired) electrons. The topological polar surface area (TPSA) is 125 Å². The molecule has 38 heavy (non-hydrogen) atoms. The number of fused-ring (bicyclic) bond motifs is 1. The van der Waals surface area contributed by atoms with E-state index < -0.39 is 6.10 Å². The molecule has 2 aromatic carbocycles. The van der Waals surface area contributed by atoms with Gasteiger partial charge in [-0.2, -0.15) is 0 Å².